The number of hydrogen-bond donors (Lipinski definition) is 2. The number of carbonyl (C=O) groups excluding carboxylic acids is 1. The van der Waals surface area contributed by atoms with Gasteiger partial charge in [0.15, 0.2) is 0 Å². The number of carbonyl (C=O) groups is 1. The number of halogens is 1. The summed E-state index contributed by atoms with van der Waals surface area (Å²) in [5.74, 6) is -0.416. The molecular weight excluding hydrogens is 448 g/mol. The third-order valence-corrected chi connectivity index (χ3v) is 6.98. The highest BCUT2D eigenvalue weighted by atomic mass is 35.5. The molecule has 172 valence electrons. The molecule has 0 spiro atoms. The Labute approximate surface area is 194 Å². The Bertz CT molecular complexity index is 1240. The molecule has 0 saturated heterocycles. The Balaban J connectivity index is 1.82. The lowest BCUT2D eigenvalue weighted by Gasteiger charge is -2.21. The first-order valence-corrected chi connectivity index (χ1v) is 12.1. The van der Waals surface area contributed by atoms with Gasteiger partial charge in [-0.3, -0.25) is 4.79 Å². The molecule has 1 aromatic heterocycles. The number of sulfonamides is 1. The zero-order valence-electron chi connectivity index (χ0n) is 18.9. The summed E-state index contributed by atoms with van der Waals surface area (Å²) < 4.78 is 30.2. The van der Waals surface area contributed by atoms with Gasteiger partial charge in [-0.15, -0.1) is 0 Å². The van der Waals surface area contributed by atoms with Gasteiger partial charge in [-0.25, -0.2) is 13.1 Å². The van der Waals surface area contributed by atoms with Crippen molar-refractivity contribution in [1.29, 1.82) is 0 Å². The van der Waals surface area contributed by atoms with Crippen molar-refractivity contribution < 1.29 is 13.2 Å². The van der Waals surface area contributed by atoms with Gasteiger partial charge in [0.05, 0.1) is 5.02 Å². The summed E-state index contributed by atoms with van der Waals surface area (Å²) in [6.45, 7) is 7.00. The van der Waals surface area contributed by atoms with Crippen LogP contribution in [0.4, 0.5) is 5.69 Å². The predicted octanol–water partition coefficient (Wildman–Crippen LogP) is 4.19. The minimum atomic E-state index is -3.88. The van der Waals surface area contributed by atoms with Crippen molar-refractivity contribution in [2.75, 3.05) is 26.0 Å². The molecule has 9 heteroatoms. The second kappa shape index (κ2) is 9.23. The van der Waals surface area contributed by atoms with E-state index < -0.39 is 21.5 Å². The van der Waals surface area contributed by atoms with Gasteiger partial charge in [-0.1, -0.05) is 11.6 Å². The normalized spacial score (nSPS) is 12.5. The molecule has 0 bridgehead atoms. The van der Waals surface area contributed by atoms with E-state index in [4.69, 9.17) is 11.6 Å². The second-order valence-corrected chi connectivity index (χ2v) is 11.1. The molecule has 2 aromatic carbocycles. The van der Waals surface area contributed by atoms with Gasteiger partial charge in [0.1, 0.15) is 4.90 Å². The van der Waals surface area contributed by atoms with E-state index in [9.17, 15) is 13.2 Å². The minimum Gasteiger partial charge on any atom is -0.346 e. The molecule has 7 nitrogen and oxygen atoms in total. The molecule has 0 radical (unpaired) electrons. The maximum Gasteiger partial charge on any atom is 0.255 e. The largest absolute Gasteiger partial charge is 0.346 e. The zero-order chi connectivity index (χ0) is 23.7. The SMILES string of the molecule is CN(C)CCn1ccc2cc(NC(=O)c3ccc(Cl)c(S(=O)(=O)NC(C)(C)C)c3)ccc21. The molecule has 2 N–H and O–H groups in total. The summed E-state index contributed by atoms with van der Waals surface area (Å²) in [6, 6.07) is 11.9. The molecule has 0 aliphatic rings. The first-order chi connectivity index (χ1) is 14.9. The van der Waals surface area contributed by atoms with Crippen LogP contribution >= 0.6 is 11.6 Å². The van der Waals surface area contributed by atoms with Crippen LogP contribution in [0, 0.1) is 0 Å². The summed E-state index contributed by atoms with van der Waals surface area (Å²) in [7, 11) is 0.184. The maximum absolute atomic E-state index is 12.8. The number of nitrogens with one attached hydrogen (secondary N) is 2. The lowest BCUT2D eigenvalue weighted by atomic mass is 10.1. The minimum absolute atomic E-state index is 0.0544. The molecule has 3 aromatic rings. The van der Waals surface area contributed by atoms with Gasteiger partial charge < -0.3 is 14.8 Å². The number of fused-ring (bicyclic) bond motifs is 1. The van der Waals surface area contributed by atoms with Crippen molar-refractivity contribution >= 4 is 44.1 Å². The third kappa shape index (κ3) is 5.89. The fraction of sp³-hybridized carbons (Fsp3) is 0.348. The quantitative estimate of drug-likeness (QED) is 0.535. The van der Waals surface area contributed by atoms with Gasteiger partial charge in [0.25, 0.3) is 5.91 Å². The molecule has 0 aliphatic carbocycles. The van der Waals surface area contributed by atoms with E-state index >= 15 is 0 Å². The monoisotopic (exact) mass is 476 g/mol. The number of rotatable bonds is 7. The standard InChI is InChI=1S/C23H29ClN4O3S/c1-23(2,3)26-32(30,31)21-15-17(6-8-19(21)24)22(29)25-18-7-9-20-16(14-18)10-11-28(20)13-12-27(4)5/h6-11,14-15,26H,12-13H2,1-5H3,(H,25,29). The fourth-order valence-corrected chi connectivity index (χ4v) is 5.24. The van der Waals surface area contributed by atoms with Crippen LogP contribution in [0.25, 0.3) is 10.9 Å². The summed E-state index contributed by atoms with van der Waals surface area (Å²) in [4.78, 5) is 14.8. The van der Waals surface area contributed by atoms with Gasteiger partial charge in [0.2, 0.25) is 10.0 Å². The molecule has 1 heterocycles. The lowest BCUT2D eigenvalue weighted by Crippen LogP contribution is -2.40. The number of aromatic nitrogens is 1. The highest BCUT2D eigenvalue weighted by molar-refractivity contribution is 7.89. The number of likely N-dealkylation sites (N-methyl/N-ethyl adjacent to an activating group) is 1. The van der Waals surface area contributed by atoms with Crippen molar-refractivity contribution in [3.63, 3.8) is 0 Å². The number of hydrogen-bond acceptors (Lipinski definition) is 4. The molecule has 0 unspecified atom stereocenters. The maximum atomic E-state index is 12.8. The summed E-state index contributed by atoms with van der Waals surface area (Å²) in [6.07, 6.45) is 2.03. The predicted molar refractivity (Wildman–Crippen MR) is 130 cm³/mol. The van der Waals surface area contributed by atoms with Crippen LogP contribution in [0.15, 0.2) is 53.6 Å². The van der Waals surface area contributed by atoms with Crippen LogP contribution in [0.2, 0.25) is 5.02 Å². The Morgan fingerprint density at radius 3 is 2.47 bits per heavy atom. The van der Waals surface area contributed by atoms with Gasteiger partial charge in [-0.2, -0.15) is 0 Å². The summed E-state index contributed by atoms with van der Waals surface area (Å²) >= 11 is 6.13. The second-order valence-electron chi connectivity index (χ2n) is 9.04. The average molecular weight is 477 g/mol. The van der Waals surface area contributed by atoms with Crippen molar-refractivity contribution in [3.8, 4) is 0 Å². The van der Waals surface area contributed by atoms with Crippen molar-refractivity contribution in [2.45, 2.75) is 37.8 Å². The zero-order valence-corrected chi connectivity index (χ0v) is 20.5. The van der Waals surface area contributed by atoms with Crippen LogP contribution in [-0.4, -0.2) is 50.0 Å². The average Bonchev–Trinajstić information content (AvgIpc) is 3.06. The first-order valence-electron chi connectivity index (χ1n) is 10.2. The van der Waals surface area contributed by atoms with E-state index in [0.29, 0.717) is 5.69 Å². The Morgan fingerprint density at radius 2 is 1.81 bits per heavy atom. The first kappa shape index (κ1) is 24.3. The smallest absolute Gasteiger partial charge is 0.255 e. The molecule has 1 amide bonds. The number of benzene rings is 2. The number of anilines is 1. The van der Waals surface area contributed by atoms with E-state index in [1.807, 2.05) is 44.6 Å². The highest BCUT2D eigenvalue weighted by Gasteiger charge is 2.25. The Hall–Kier alpha value is -2.39. The summed E-state index contributed by atoms with van der Waals surface area (Å²) in [5, 5.41) is 3.91. The molecular formula is C23H29ClN4O3S. The fourth-order valence-electron chi connectivity index (χ4n) is 3.29. The van der Waals surface area contributed by atoms with E-state index in [-0.39, 0.29) is 15.5 Å². The van der Waals surface area contributed by atoms with Gasteiger partial charge >= 0.3 is 0 Å². The lowest BCUT2D eigenvalue weighted by molar-refractivity contribution is 0.102. The van der Waals surface area contributed by atoms with E-state index in [0.717, 1.165) is 24.0 Å². The highest BCUT2D eigenvalue weighted by Crippen LogP contribution is 2.25. The molecule has 0 atom stereocenters. The van der Waals surface area contributed by atoms with E-state index in [1.165, 1.54) is 18.2 Å². The third-order valence-electron chi connectivity index (χ3n) is 4.74. The molecule has 0 saturated carbocycles. The van der Waals surface area contributed by atoms with Gasteiger partial charge in [-0.05, 0) is 77.3 Å². The number of amides is 1. The van der Waals surface area contributed by atoms with Crippen molar-refractivity contribution in [1.82, 2.24) is 14.2 Å². The van der Waals surface area contributed by atoms with Crippen LogP contribution in [-0.2, 0) is 16.6 Å². The topological polar surface area (TPSA) is 83.4 Å². The van der Waals surface area contributed by atoms with Crippen LogP contribution in [0.5, 0.6) is 0 Å². The Morgan fingerprint density at radius 1 is 1.09 bits per heavy atom. The van der Waals surface area contributed by atoms with Gasteiger partial charge in [0, 0.05) is 47.0 Å². The Kier molecular flexibility index (Phi) is 7.00. The van der Waals surface area contributed by atoms with Crippen molar-refractivity contribution in [3.05, 3.63) is 59.2 Å². The number of nitrogens with zero attached hydrogens (tertiary/aromatic N) is 2. The van der Waals surface area contributed by atoms with Crippen molar-refractivity contribution in [2.24, 2.45) is 0 Å². The van der Waals surface area contributed by atoms with E-state index in [2.05, 4.69) is 19.5 Å². The molecule has 0 fully saturated rings. The van der Waals surface area contributed by atoms with Crippen LogP contribution in [0.1, 0.15) is 31.1 Å². The van der Waals surface area contributed by atoms with Crippen LogP contribution in [0.3, 0.4) is 0 Å². The summed E-state index contributed by atoms with van der Waals surface area (Å²) in [5.41, 5.74) is 1.23. The van der Waals surface area contributed by atoms with Crippen LogP contribution < -0.4 is 10.0 Å². The molecule has 0 aliphatic heterocycles. The molecule has 3 rings (SSSR count). The molecule has 32 heavy (non-hydrogen) atoms. The van der Waals surface area contributed by atoms with E-state index in [1.54, 1.807) is 20.8 Å².